The van der Waals surface area contributed by atoms with E-state index in [1.807, 2.05) is 30.3 Å². The van der Waals surface area contributed by atoms with E-state index in [9.17, 15) is 4.79 Å². The quantitative estimate of drug-likeness (QED) is 0.815. The Balaban J connectivity index is 0.00000180. The Morgan fingerprint density at radius 1 is 1.37 bits per heavy atom. The van der Waals surface area contributed by atoms with Crippen molar-refractivity contribution in [3.05, 3.63) is 30.3 Å². The van der Waals surface area contributed by atoms with E-state index in [0.717, 1.165) is 31.7 Å². The molecular weight excluding hydrogens is 266 g/mol. The fourth-order valence-corrected chi connectivity index (χ4v) is 2.23. The monoisotopic (exact) mass is 285 g/mol. The van der Waals surface area contributed by atoms with Crippen LogP contribution in [0.1, 0.15) is 12.8 Å². The van der Waals surface area contributed by atoms with Crippen molar-refractivity contribution >= 4 is 18.4 Å². The Morgan fingerprint density at radius 3 is 2.74 bits per heavy atom. The Kier molecular flexibility index (Phi) is 6.67. The van der Waals surface area contributed by atoms with Crippen molar-refractivity contribution < 1.29 is 14.6 Å². The zero-order valence-electron chi connectivity index (χ0n) is 10.8. The van der Waals surface area contributed by atoms with Crippen molar-refractivity contribution in [1.82, 2.24) is 4.90 Å². The second kappa shape index (κ2) is 8.02. The predicted octanol–water partition coefficient (Wildman–Crippen LogP) is 2.28. The van der Waals surface area contributed by atoms with Gasteiger partial charge in [-0.2, -0.15) is 0 Å². The van der Waals surface area contributed by atoms with Gasteiger partial charge in [-0.1, -0.05) is 18.2 Å². The van der Waals surface area contributed by atoms with Crippen LogP contribution in [0, 0.1) is 5.92 Å². The average molecular weight is 286 g/mol. The van der Waals surface area contributed by atoms with Gasteiger partial charge in [-0.05, 0) is 31.5 Å². The molecule has 0 amide bonds. The van der Waals surface area contributed by atoms with Gasteiger partial charge >= 0.3 is 5.97 Å². The summed E-state index contributed by atoms with van der Waals surface area (Å²) in [5.74, 6) is 0.0420. The first kappa shape index (κ1) is 15.8. The van der Waals surface area contributed by atoms with Crippen LogP contribution in [-0.2, 0) is 4.79 Å². The zero-order chi connectivity index (χ0) is 12.8. The molecule has 1 saturated heterocycles. The molecule has 0 bridgehead atoms. The van der Waals surface area contributed by atoms with Crippen LogP contribution < -0.4 is 4.74 Å². The lowest BCUT2D eigenvalue weighted by atomic mass is 10.1. The van der Waals surface area contributed by atoms with Crippen molar-refractivity contribution in [2.75, 3.05) is 26.2 Å². The largest absolute Gasteiger partial charge is 0.494 e. The Bertz CT molecular complexity index is 386. The Labute approximate surface area is 119 Å². The van der Waals surface area contributed by atoms with Crippen molar-refractivity contribution in [3.8, 4) is 5.75 Å². The van der Waals surface area contributed by atoms with Crippen molar-refractivity contribution in [2.45, 2.75) is 12.8 Å². The highest BCUT2D eigenvalue weighted by Crippen LogP contribution is 2.16. The first-order chi connectivity index (χ1) is 8.75. The fraction of sp³-hybridized carbons (Fsp3) is 0.500. The summed E-state index contributed by atoms with van der Waals surface area (Å²) in [5.41, 5.74) is 0. The lowest BCUT2D eigenvalue weighted by Crippen LogP contribution is -2.25. The second-order valence-electron chi connectivity index (χ2n) is 4.64. The van der Waals surface area contributed by atoms with E-state index in [1.165, 1.54) is 0 Å². The third-order valence-electron chi connectivity index (χ3n) is 3.25. The van der Waals surface area contributed by atoms with Gasteiger partial charge in [0.1, 0.15) is 5.75 Å². The smallest absolute Gasteiger partial charge is 0.307 e. The standard InChI is InChI=1S/C14H19NO3.ClH/c16-14(17)12-7-9-15(11-12)8-4-10-18-13-5-2-1-3-6-13;/h1-3,5-6,12H,4,7-11H2,(H,16,17);1H. The van der Waals surface area contributed by atoms with E-state index in [0.29, 0.717) is 13.2 Å². The number of carbonyl (C=O) groups is 1. The van der Waals surface area contributed by atoms with Crippen LogP contribution in [0.25, 0.3) is 0 Å². The first-order valence-corrected chi connectivity index (χ1v) is 6.39. The van der Waals surface area contributed by atoms with Crippen LogP contribution in [0.15, 0.2) is 30.3 Å². The highest BCUT2D eigenvalue weighted by Gasteiger charge is 2.27. The molecule has 1 unspecified atom stereocenters. The SMILES string of the molecule is Cl.O=C(O)C1CCN(CCCOc2ccccc2)C1. The van der Waals surface area contributed by atoms with Gasteiger partial charge in [0.2, 0.25) is 0 Å². The number of carboxylic acid groups (broad SMARTS) is 1. The lowest BCUT2D eigenvalue weighted by Gasteiger charge is -2.15. The Hall–Kier alpha value is -1.26. The summed E-state index contributed by atoms with van der Waals surface area (Å²) in [6, 6.07) is 9.75. The van der Waals surface area contributed by atoms with Crippen LogP contribution in [0.4, 0.5) is 0 Å². The topological polar surface area (TPSA) is 49.8 Å². The maximum atomic E-state index is 10.8. The van der Waals surface area contributed by atoms with Gasteiger partial charge in [0.05, 0.1) is 12.5 Å². The van der Waals surface area contributed by atoms with Gasteiger partial charge in [0.15, 0.2) is 0 Å². The molecule has 0 aromatic heterocycles. The van der Waals surface area contributed by atoms with E-state index in [1.54, 1.807) is 0 Å². The van der Waals surface area contributed by atoms with Crippen LogP contribution in [-0.4, -0.2) is 42.2 Å². The molecule has 1 aromatic rings. The van der Waals surface area contributed by atoms with Crippen molar-refractivity contribution in [3.63, 3.8) is 0 Å². The number of likely N-dealkylation sites (tertiary alicyclic amines) is 1. The summed E-state index contributed by atoms with van der Waals surface area (Å²) in [6.45, 7) is 3.16. The number of hydrogen-bond donors (Lipinski definition) is 1. The molecule has 1 fully saturated rings. The minimum atomic E-state index is -0.668. The highest BCUT2D eigenvalue weighted by molar-refractivity contribution is 5.85. The van der Waals surface area contributed by atoms with Crippen LogP contribution in [0.2, 0.25) is 0 Å². The maximum Gasteiger partial charge on any atom is 0.307 e. The molecule has 0 spiro atoms. The van der Waals surface area contributed by atoms with Crippen LogP contribution in [0.5, 0.6) is 5.75 Å². The zero-order valence-corrected chi connectivity index (χ0v) is 11.6. The minimum Gasteiger partial charge on any atom is -0.494 e. The molecule has 0 aliphatic carbocycles. The molecule has 106 valence electrons. The average Bonchev–Trinajstić information content (AvgIpc) is 2.85. The second-order valence-corrected chi connectivity index (χ2v) is 4.64. The van der Waals surface area contributed by atoms with E-state index >= 15 is 0 Å². The molecular formula is C14H20ClNO3. The molecule has 0 saturated carbocycles. The summed E-state index contributed by atoms with van der Waals surface area (Å²) < 4.78 is 5.60. The number of ether oxygens (including phenoxy) is 1. The number of carboxylic acids is 1. The molecule has 4 nitrogen and oxygen atoms in total. The summed E-state index contributed by atoms with van der Waals surface area (Å²) in [4.78, 5) is 13.0. The van der Waals surface area contributed by atoms with Gasteiger partial charge < -0.3 is 14.7 Å². The lowest BCUT2D eigenvalue weighted by molar-refractivity contribution is -0.141. The number of para-hydroxylation sites is 1. The van der Waals surface area contributed by atoms with Gasteiger partial charge in [-0.3, -0.25) is 4.79 Å². The Morgan fingerprint density at radius 2 is 2.11 bits per heavy atom. The molecule has 0 radical (unpaired) electrons. The maximum absolute atomic E-state index is 10.8. The van der Waals surface area contributed by atoms with Gasteiger partial charge in [0, 0.05) is 13.1 Å². The van der Waals surface area contributed by atoms with Crippen LogP contribution >= 0.6 is 12.4 Å². The molecule has 2 rings (SSSR count). The third-order valence-corrected chi connectivity index (χ3v) is 3.25. The highest BCUT2D eigenvalue weighted by atomic mass is 35.5. The molecule has 19 heavy (non-hydrogen) atoms. The van der Waals surface area contributed by atoms with Crippen molar-refractivity contribution in [2.24, 2.45) is 5.92 Å². The normalized spacial score (nSPS) is 18.8. The minimum absolute atomic E-state index is 0. The number of hydrogen-bond acceptors (Lipinski definition) is 3. The number of nitrogens with zero attached hydrogens (tertiary/aromatic N) is 1. The number of halogens is 1. The third kappa shape index (κ3) is 5.09. The molecule has 1 aliphatic rings. The molecule has 1 aliphatic heterocycles. The van der Waals surface area contributed by atoms with E-state index in [2.05, 4.69) is 4.90 Å². The fourth-order valence-electron chi connectivity index (χ4n) is 2.23. The van der Waals surface area contributed by atoms with Gasteiger partial charge in [-0.25, -0.2) is 0 Å². The van der Waals surface area contributed by atoms with Gasteiger partial charge in [0.25, 0.3) is 0 Å². The summed E-state index contributed by atoms with van der Waals surface area (Å²) in [5, 5.41) is 8.90. The van der Waals surface area contributed by atoms with E-state index in [-0.39, 0.29) is 18.3 Å². The number of aliphatic carboxylic acids is 1. The first-order valence-electron chi connectivity index (χ1n) is 6.39. The molecule has 5 heteroatoms. The summed E-state index contributed by atoms with van der Waals surface area (Å²) in [6.07, 6.45) is 1.70. The summed E-state index contributed by atoms with van der Waals surface area (Å²) in [7, 11) is 0. The van der Waals surface area contributed by atoms with Crippen molar-refractivity contribution in [1.29, 1.82) is 0 Å². The molecule has 1 heterocycles. The molecule has 1 aromatic carbocycles. The number of rotatable bonds is 6. The van der Waals surface area contributed by atoms with Gasteiger partial charge in [-0.15, -0.1) is 12.4 Å². The molecule has 1 N–H and O–H groups in total. The van der Waals surface area contributed by atoms with E-state index < -0.39 is 5.97 Å². The number of benzene rings is 1. The van der Waals surface area contributed by atoms with Crippen LogP contribution in [0.3, 0.4) is 0 Å². The predicted molar refractivity (Wildman–Crippen MR) is 76.0 cm³/mol. The molecule has 1 atom stereocenters. The van der Waals surface area contributed by atoms with E-state index in [4.69, 9.17) is 9.84 Å². The summed E-state index contributed by atoms with van der Waals surface area (Å²) >= 11 is 0.